The molecule has 17 aromatic rings. The van der Waals surface area contributed by atoms with E-state index in [1.807, 2.05) is 42.2 Å². The predicted octanol–water partition coefficient (Wildman–Crippen LogP) is 24.0. The molecule has 444 valence electrons. The second-order valence-electron chi connectivity index (χ2n) is 25.4. The Labute approximate surface area is 550 Å². The number of thioether (sulfide) groups is 1. The molecule has 0 spiro atoms. The van der Waals surface area contributed by atoms with Gasteiger partial charge in [0.1, 0.15) is 0 Å². The number of pyridine rings is 2. The van der Waals surface area contributed by atoms with Crippen LogP contribution in [-0.4, -0.2) is 24.4 Å². The lowest BCUT2D eigenvalue weighted by molar-refractivity contribution is 0.461. The molecule has 8 heterocycles. The van der Waals surface area contributed by atoms with Gasteiger partial charge in [0.2, 0.25) is 0 Å². The van der Waals surface area contributed by atoms with Gasteiger partial charge in [-0.1, -0.05) is 165 Å². The Morgan fingerprint density at radius 3 is 1.31 bits per heavy atom. The average Bonchev–Trinajstić information content (AvgIpc) is 0.985. The first-order valence-corrected chi connectivity index (χ1v) is 34.4. The lowest BCUT2D eigenvalue weighted by Crippen LogP contribution is -2.26. The maximum absolute atomic E-state index is 4.72. The summed E-state index contributed by atoms with van der Waals surface area (Å²) in [5, 5.41) is 12.4. The van der Waals surface area contributed by atoms with Crippen LogP contribution >= 0.6 is 23.1 Å². The van der Waals surface area contributed by atoms with Crippen molar-refractivity contribution in [3.05, 3.63) is 285 Å². The average molecular weight is 1240 g/mol. The Morgan fingerprint density at radius 2 is 0.755 bits per heavy atom. The number of fused-ring (bicyclic) bond motifs is 18. The summed E-state index contributed by atoms with van der Waals surface area (Å²) in [4.78, 5) is 21.3. The number of hydrogen-bond donors (Lipinski definition) is 0. The zero-order valence-corrected chi connectivity index (χ0v) is 52.6. The van der Waals surface area contributed by atoms with E-state index in [4.69, 9.17) is 9.97 Å². The molecular weight excluding hydrogens is 1190 g/mol. The quantitative estimate of drug-likeness (QED) is 0.154. The summed E-state index contributed by atoms with van der Waals surface area (Å²) >= 11 is 4.00. The van der Waals surface area contributed by atoms with Crippen molar-refractivity contribution in [2.24, 2.45) is 0 Å². The van der Waals surface area contributed by atoms with E-state index in [2.05, 4.69) is 289 Å². The minimum Gasteiger partial charge on any atom is -0.308 e. The van der Waals surface area contributed by atoms with Crippen LogP contribution in [0.5, 0.6) is 0 Å². The third-order valence-electron chi connectivity index (χ3n) is 20.6. The molecule has 2 atom stereocenters. The maximum Gasteiger partial charge on any atom is 0.0725 e. The van der Waals surface area contributed by atoms with Crippen molar-refractivity contribution >= 4 is 177 Å². The Morgan fingerprint density at radius 1 is 0.319 bits per heavy atom. The maximum atomic E-state index is 4.72. The van der Waals surface area contributed by atoms with Crippen molar-refractivity contribution in [1.82, 2.24) is 19.1 Å². The molecular formula is C84H56N8S2. The first kappa shape index (κ1) is 52.5. The van der Waals surface area contributed by atoms with Crippen molar-refractivity contribution in [3.8, 4) is 11.4 Å². The highest BCUT2D eigenvalue weighted by Gasteiger charge is 2.42. The first-order chi connectivity index (χ1) is 46.7. The molecule has 10 heteroatoms. The number of nitrogens with zero attached hydrogens (tertiary/aromatic N) is 8. The molecule has 0 bridgehead atoms. The van der Waals surface area contributed by atoms with Crippen molar-refractivity contribution in [2.75, 3.05) is 19.6 Å². The minimum absolute atomic E-state index is 0.566. The highest BCUT2D eigenvalue weighted by molar-refractivity contribution is 8.00. The molecule has 0 N–H and O–H groups in total. The monoisotopic (exact) mass is 1240 g/mol. The number of thiophene rings is 1. The van der Waals surface area contributed by atoms with Crippen molar-refractivity contribution in [3.63, 3.8) is 0 Å². The van der Waals surface area contributed by atoms with Crippen LogP contribution in [0.15, 0.2) is 284 Å². The van der Waals surface area contributed by atoms with Crippen LogP contribution in [0, 0.1) is 0 Å². The van der Waals surface area contributed by atoms with E-state index in [0.717, 1.165) is 118 Å². The summed E-state index contributed by atoms with van der Waals surface area (Å²) in [7, 11) is 0. The minimum atomic E-state index is 0.566. The van der Waals surface area contributed by atoms with Gasteiger partial charge < -0.3 is 28.7 Å². The molecule has 1 saturated carbocycles. The smallest absolute Gasteiger partial charge is 0.0725 e. The van der Waals surface area contributed by atoms with E-state index < -0.39 is 0 Å². The molecule has 4 aliphatic rings. The van der Waals surface area contributed by atoms with Crippen molar-refractivity contribution in [2.45, 2.75) is 41.7 Å². The Kier molecular flexibility index (Phi) is 11.3. The summed E-state index contributed by atoms with van der Waals surface area (Å²) < 4.78 is 7.35. The van der Waals surface area contributed by atoms with Crippen molar-refractivity contribution in [1.29, 1.82) is 0 Å². The van der Waals surface area contributed by atoms with E-state index in [9.17, 15) is 0 Å². The molecule has 2 unspecified atom stereocenters. The molecule has 94 heavy (non-hydrogen) atoms. The zero-order chi connectivity index (χ0) is 61.3. The lowest BCUT2D eigenvalue weighted by atomic mass is 9.84. The number of anilines is 12. The van der Waals surface area contributed by atoms with Crippen LogP contribution in [-0.2, 0) is 0 Å². The normalized spacial score (nSPS) is 15.8. The Balaban J connectivity index is 0.865. The third kappa shape index (κ3) is 7.34. The van der Waals surface area contributed by atoms with Crippen LogP contribution < -0.4 is 19.6 Å². The summed E-state index contributed by atoms with van der Waals surface area (Å²) in [5.41, 5.74) is 21.5. The van der Waals surface area contributed by atoms with E-state index >= 15 is 0 Å². The summed E-state index contributed by atoms with van der Waals surface area (Å²) in [5.74, 6) is 0.566. The first-order valence-electron chi connectivity index (χ1n) is 32.7. The van der Waals surface area contributed by atoms with Gasteiger partial charge in [0.05, 0.1) is 119 Å². The summed E-state index contributed by atoms with van der Waals surface area (Å²) in [6.07, 6.45) is 12.8. The predicted molar refractivity (Wildman–Crippen MR) is 395 cm³/mol. The second kappa shape index (κ2) is 20.2. The van der Waals surface area contributed by atoms with Gasteiger partial charge in [0.15, 0.2) is 0 Å². The third-order valence-corrected chi connectivity index (χ3v) is 23.4. The van der Waals surface area contributed by atoms with E-state index in [0.29, 0.717) is 11.2 Å². The van der Waals surface area contributed by atoms with E-state index in [1.54, 1.807) is 0 Å². The van der Waals surface area contributed by atoms with Crippen LogP contribution in [0.25, 0.3) is 96.7 Å². The van der Waals surface area contributed by atoms with Gasteiger partial charge in [-0.2, -0.15) is 0 Å². The number of hydrogen-bond acceptors (Lipinski definition) is 8. The molecule has 0 saturated heterocycles. The molecule has 12 aromatic carbocycles. The van der Waals surface area contributed by atoms with Crippen LogP contribution in [0.2, 0.25) is 0 Å². The SMILES string of the molecule is c1cncc(-n2c3ccccc3c3cc4c(cc32)N(c2c3ccccc3c(N3c5ccccc5N(c5cccc6c5sc5ccccc56)c5cc6c7ccccc7n(-c7cccnc7)c6cc53)c3ccccc23)c2ccccc2N4c2cccc3c2SC2CCCCC32)c1. The molecule has 8 nitrogen and oxygen atoms in total. The summed E-state index contributed by atoms with van der Waals surface area (Å²) in [6.45, 7) is 0. The van der Waals surface area contributed by atoms with Gasteiger partial charge in [0.25, 0.3) is 0 Å². The number of para-hydroxylation sites is 6. The molecule has 21 rings (SSSR count). The van der Waals surface area contributed by atoms with Gasteiger partial charge in [-0.3, -0.25) is 9.97 Å². The van der Waals surface area contributed by atoms with E-state index in [1.165, 1.54) is 83.5 Å². The van der Waals surface area contributed by atoms with Gasteiger partial charge in [-0.15, -0.1) is 23.1 Å². The van der Waals surface area contributed by atoms with Gasteiger partial charge in [0, 0.05) is 81.1 Å². The number of aromatic nitrogens is 4. The van der Waals surface area contributed by atoms with Gasteiger partial charge >= 0.3 is 0 Å². The molecule has 0 radical (unpaired) electrons. The largest absolute Gasteiger partial charge is 0.308 e. The Bertz CT molecular complexity index is 5990. The topological polar surface area (TPSA) is 48.6 Å². The standard InChI is InChI=1S/C84H56N8S2/c1-2-28-58-57(27-1)81(91-69-37-13-11-35-67(69)89(71-39-17-31-61-55-25-7-15-41-79(55)93-83(61)71)75-45-63-53-23-5-9-33-65(53)87(73(63)47-77(75)91)51-21-19-43-85-49-51)59-29-3-4-30-60(59)82(58)92-70-38-14-12-36-68(70)90(72-40-18-32-62-56-26-8-16-42-80(56)94-84(62)72)76-46-64-54-24-6-10-34-66(54)88(74(64)48-78(76)92)52-22-20-44-86-50-52/h1-7,9-15,17-25,27-41,43-50,56,80H,8,16,26,42H2. The Hall–Kier alpha value is -11.2. The van der Waals surface area contributed by atoms with E-state index in [-0.39, 0.29) is 0 Å². The molecule has 1 aliphatic carbocycles. The molecule has 0 amide bonds. The zero-order valence-electron chi connectivity index (χ0n) is 50.9. The van der Waals surface area contributed by atoms with Crippen LogP contribution in [0.3, 0.4) is 0 Å². The second-order valence-corrected chi connectivity index (χ2v) is 27.7. The molecule has 1 fully saturated rings. The van der Waals surface area contributed by atoms with Crippen LogP contribution in [0.4, 0.5) is 68.2 Å². The molecule has 3 aliphatic heterocycles. The number of rotatable bonds is 6. The number of benzene rings is 12. The lowest BCUT2D eigenvalue weighted by Gasteiger charge is -2.43. The highest BCUT2D eigenvalue weighted by atomic mass is 32.2. The molecule has 5 aromatic heterocycles. The van der Waals surface area contributed by atoms with Crippen molar-refractivity contribution < 1.29 is 0 Å². The fourth-order valence-corrected chi connectivity index (χ4v) is 19.7. The fourth-order valence-electron chi connectivity index (χ4n) is 16.8. The fraction of sp³-hybridized carbons (Fsp3) is 0.0714. The summed E-state index contributed by atoms with van der Waals surface area (Å²) in [6, 6.07) is 95.7. The van der Waals surface area contributed by atoms with Gasteiger partial charge in [-0.05, 0) is 127 Å². The van der Waals surface area contributed by atoms with Gasteiger partial charge in [-0.25, -0.2) is 0 Å². The highest BCUT2D eigenvalue weighted by Crippen LogP contribution is 2.65. The van der Waals surface area contributed by atoms with Crippen LogP contribution in [0.1, 0.15) is 37.2 Å².